The molecule has 0 atom stereocenters. The van der Waals surface area contributed by atoms with E-state index in [1.54, 1.807) is 0 Å². The Bertz CT molecular complexity index is 1130. The Morgan fingerprint density at radius 2 is 2.04 bits per heavy atom. The fourth-order valence-corrected chi connectivity index (χ4v) is 3.75. The molecule has 26 heavy (non-hydrogen) atoms. The quantitative estimate of drug-likeness (QED) is 0.552. The molecule has 132 valence electrons. The van der Waals surface area contributed by atoms with Gasteiger partial charge in [0, 0.05) is 33.5 Å². The molecule has 0 aliphatic heterocycles. The van der Waals surface area contributed by atoms with Crippen molar-refractivity contribution in [2.24, 2.45) is 0 Å². The van der Waals surface area contributed by atoms with Crippen molar-refractivity contribution < 1.29 is 4.79 Å². The summed E-state index contributed by atoms with van der Waals surface area (Å²) in [5.41, 5.74) is 5.00. The summed E-state index contributed by atoms with van der Waals surface area (Å²) in [6.07, 6.45) is 3.93. The molecular weight excluding hydrogens is 392 g/mol. The fourth-order valence-electron chi connectivity index (χ4n) is 3.20. The van der Waals surface area contributed by atoms with Gasteiger partial charge in [0.15, 0.2) is 0 Å². The Morgan fingerprint density at radius 3 is 2.88 bits per heavy atom. The lowest BCUT2D eigenvalue weighted by Gasteiger charge is -2.08. The maximum Gasteiger partial charge on any atom is 0.240 e. The van der Waals surface area contributed by atoms with Crippen molar-refractivity contribution in [3.8, 4) is 0 Å². The van der Waals surface area contributed by atoms with Gasteiger partial charge in [-0.3, -0.25) is 4.79 Å². The first-order chi connectivity index (χ1) is 12.5. The van der Waals surface area contributed by atoms with Gasteiger partial charge in [0.1, 0.15) is 12.2 Å². The Kier molecular flexibility index (Phi) is 4.28. The first-order valence-electron chi connectivity index (χ1n) is 8.47. The highest BCUT2D eigenvalue weighted by Crippen LogP contribution is 2.30. The third-order valence-electron chi connectivity index (χ3n) is 4.59. The van der Waals surface area contributed by atoms with E-state index in [2.05, 4.69) is 32.3 Å². The zero-order valence-electron chi connectivity index (χ0n) is 14.7. The van der Waals surface area contributed by atoms with Crippen LogP contribution < -0.4 is 5.32 Å². The Balaban J connectivity index is 1.50. The van der Waals surface area contributed by atoms with Crippen LogP contribution in [0.25, 0.3) is 16.6 Å². The fraction of sp³-hybridized carbons (Fsp3) is 0.200. The maximum atomic E-state index is 12.5. The lowest BCUT2D eigenvalue weighted by Crippen LogP contribution is -2.27. The summed E-state index contributed by atoms with van der Waals surface area (Å²) in [6.45, 7) is 4.75. The van der Waals surface area contributed by atoms with Crippen LogP contribution in [-0.4, -0.2) is 19.9 Å². The van der Waals surface area contributed by atoms with Crippen LogP contribution in [0.1, 0.15) is 17.0 Å². The Labute approximate surface area is 159 Å². The third-order valence-corrected chi connectivity index (χ3v) is 5.59. The van der Waals surface area contributed by atoms with Gasteiger partial charge in [-0.2, -0.15) is 0 Å². The van der Waals surface area contributed by atoms with Gasteiger partial charge in [-0.1, -0.05) is 18.2 Å². The summed E-state index contributed by atoms with van der Waals surface area (Å²) in [4.78, 5) is 17.0. The summed E-state index contributed by atoms with van der Waals surface area (Å²) in [7, 11) is 0. The van der Waals surface area contributed by atoms with E-state index < -0.39 is 0 Å². The van der Waals surface area contributed by atoms with E-state index in [4.69, 9.17) is 0 Å². The van der Waals surface area contributed by atoms with Crippen molar-refractivity contribution in [3.05, 3.63) is 70.2 Å². The largest absolute Gasteiger partial charge is 0.349 e. The minimum absolute atomic E-state index is 0.0328. The number of halogens is 1. The van der Waals surface area contributed by atoms with Crippen molar-refractivity contribution in [1.82, 2.24) is 19.3 Å². The number of benzene rings is 1. The lowest BCUT2D eigenvalue weighted by atomic mass is 10.2. The number of aromatic nitrogens is 3. The predicted molar refractivity (Wildman–Crippen MR) is 106 cm³/mol. The monoisotopic (exact) mass is 410 g/mol. The van der Waals surface area contributed by atoms with Gasteiger partial charge >= 0.3 is 0 Å². The minimum Gasteiger partial charge on any atom is -0.349 e. The number of carbonyl (C=O) groups is 1. The van der Waals surface area contributed by atoms with Gasteiger partial charge in [-0.05, 0) is 53.5 Å². The van der Waals surface area contributed by atoms with Crippen molar-refractivity contribution in [2.75, 3.05) is 0 Å². The van der Waals surface area contributed by atoms with Crippen LogP contribution in [0.2, 0.25) is 0 Å². The second kappa shape index (κ2) is 6.61. The average molecular weight is 411 g/mol. The molecule has 6 heteroatoms. The number of hydrogen-bond donors (Lipinski definition) is 1. The van der Waals surface area contributed by atoms with Crippen LogP contribution >= 0.6 is 15.9 Å². The first-order valence-corrected chi connectivity index (χ1v) is 9.26. The lowest BCUT2D eigenvalue weighted by molar-refractivity contribution is -0.121. The Morgan fingerprint density at radius 1 is 1.23 bits per heavy atom. The summed E-state index contributed by atoms with van der Waals surface area (Å²) in [6, 6.07) is 12.1. The topological polar surface area (TPSA) is 51.3 Å². The molecule has 0 bridgehead atoms. The number of carbonyl (C=O) groups excluding carboxylic acids is 1. The Hall–Kier alpha value is -2.60. The summed E-state index contributed by atoms with van der Waals surface area (Å²) in [5.74, 6) is -0.0328. The molecule has 0 fully saturated rings. The summed E-state index contributed by atoms with van der Waals surface area (Å²) >= 11 is 3.63. The van der Waals surface area contributed by atoms with Crippen molar-refractivity contribution in [3.63, 3.8) is 0 Å². The number of fused-ring (bicyclic) bond motifs is 2. The molecule has 4 aromatic rings. The second-order valence-electron chi connectivity index (χ2n) is 6.48. The number of hydrogen-bond acceptors (Lipinski definition) is 2. The molecule has 0 saturated heterocycles. The SMILES string of the molecule is Cc1ccn2cc(CNC(=O)Cn3c(C)c(Br)c4ccccc43)nc2c1. The number of para-hydroxylation sites is 1. The second-order valence-corrected chi connectivity index (χ2v) is 7.27. The molecule has 0 aliphatic rings. The molecule has 0 spiro atoms. The highest BCUT2D eigenvalue weighted by Gasteiger charge is 2.14. The predicted octanol–water partition coefficient (Wildman–Crippen LogP) is 3.98. The van der Waals surface area contributed by atoms with Crippen molar-refractivity contribution in [2.45, 2.75) is 26.9 Å². The van der Waals surface area contributed by atoms with Crippen LogP contribution in [0.3, 0.4) is 0 Å². The van der Waals surface area contributed by atoms with Gasteiger partial charge in [0.25, 0.3) is 0 Å². The highest BCUT2D eigenvalue weighted by molar-refractivity contribution is 9.10. The van der Waals surface area contributed by atoms with E-state index in [0.29, 0.717) is 6.54 Å². The highest BCUT2D eigenvalue weighted by atomic mass is 79.9. The minimum atomic E-state index is -0.0328. The van der Waals surface area contributed by atoms with Crippen LogP contribution in [0.15, 0.2) is 53.3 Å². The van der Waals surface area contributed by atoms with Gasteiger partial charge in [0.05, 0.1) is 12.2 Å². The van der Waals surface area contributed by atoms with Crippen LogP contribution in [0, 0.1) is 13.8 Å². The molecule has 0 aliphatic carbocycles. The smallest absolute Gasteiger partial charge is 0.240 e. The van der Waals surface area contributed by atoms with Crippen LogP contribution in [-0.2, 0) is 17.9 Å². The van der Waals surface area contributed by atoms with Crippen LogP contribution in [0.4, 0.5) is 0 Å². The average Bonchev–Trinajstić information content (AvgIpc) is 3.14. The normalized spacial score (nSPS) is 11.3. The zero-order chi connectivity index (χ0) is 18.3. The third kappa shape index (κ3) is 3.01. The first kappa shape index (κ1) is 16.8. The molecular formula is C20H19BrN4O. The number of pyridine rings is 1. The van der Waals surface area contributed by atoms with E-state index in [0.717, 1.165) is 32.4 Å². The summed E-state index contributed by atoms with van der Waals surface area (Å²) in [5, 5.41) is 4.09. The number of nitrogens with one attached hydrogen (secondary N) is 1. The van der Waals surface area contributed by atoms with Gasteiger partial charge < -0.3 is 14.3 Å². The molecule has 4 rings (SSSR count). The number of amides is 1. The van der Waals surface area contributed by atoms with Crippen molar-refractivity contribution >= 4 is 38.4 Å². The van der Waals surface area contributed by atoms with E-state index in [1.807, 2.05) is 65.5 Å². The zero-order valence-corrected chi connectivity index (χ0v) is 16.2. The number of rotatable bonds is 4. The molecule has 1 N–H and O–H groups in total. The molecule has 1 amide bonds. The number of nitrogens with zero attached hydrogens (tertiary/aromatic N) is 3. The number of imidazole rings is 1. The van der Waals surface area contributed by atoms with E-state index in [1.165, 1.54) is 5.56 Å². The van der Waals surface area contributed by atoms with Gasteiger partial charge in [-0.25, -0.2) is 4.98 Å². The van der Waals surface area contributed by atoms with E-state index >= 15 is 0 Å². The molecule has 3 aromatic heterocycles. The molecule has 5 nitrogen and oxygen atoms in total. The molecule has 1 aromatic carbocycles. The molecule has 0 radical (unpaired) electrons. The maximum absolute atomic E-state index is 12.5. The molecule has 3 heterocycles. The molecule has 0 unspecified atom stereocenters. The van der Waals surface area contributed by atoms with E-state index in [-0.39, 0.29) is 12.5 Å². The van der Waals surface area contributed by atoms with Gasteiger partial charge in [-0.15, -0.1) is 0 Å². The standard InChI is InChI=1S/C20H19BrN4O/c1-13-7-8-24-11-15(23-18(24)9-13)10-22-19(26)12-25-14(2)20(21)16-5-3-4-6-17(16)25/h3-9,11H,10,12H2,1-2H3,(H,22,26). The number of aryl methyl sites for hydroxylation is 1. The molecule has 0 saturated carbocycles. The van der Waals surface area contributed by atoms with Crippen LogP contribution in [0.5, 0.6) is 0 Å². The van der Waals surface area contributed by atoms with Crippen molar-refractivity contribution in [1.29, 1.82) is 0 Å². The van der Waals surface area contributed by atoms with E-state index in [9.17, 15) is 4.79 Å². The summed E-state index contributed by atoms with van der Waals surface area (Å²) < 4.78 is 5.04. The van der Waals surface area contributed by atoms with Gasteiger partial charge in [0.2, 0.25) is 5.91 Å².